The summed E-state index contributed by atoms with van der Waals surface area (Å²) in [6, 6.07) is 13.0. The normalized spacial score (nSPS) is 12.3. The Labute approximate surface area is 122 Å². The zero-order valence-corrected chi connectivity index (χ0v) is 11.9. The van der Waals surface area contributed by atoms with Crippen molar-refractivity contribution in [2.24, 2.45) is 7.05 Å². The van der Waals surface area contributed by atoms with Crippen LogP contribution >= 0.6 is 0 Å². The molecule has 0 spiro atoms. The molecule has 1 atom stereocenters. The number of aromatic nitrogens is 3. The van der Waals surface area contributed by atoms with Gasteiger partial charge in [-0.3, -0.25) is 9.78 Å². The van der Waals surface area contributed by atoms with Crippen molar-refractivity contribution in [2.75, 3.05) is 0 Å². The zero-order valence-electron chi connectivity index (χ0n) is 11.9. The van der Waals surface area contributed by atoms with E-state index in [9.17, 15) is 4.79 Å². The molecule has 5 nitrogen and oxygen atoms in total. The highest BCUT2D eigenvalue weighted by atomic mass is 16.1. The number of benzene rings is 1. The molecule has 0 bridgehead atoms. The number of hydrogen-bond donors (Lipinski definition) is 1. The summed E-state index contributed by atoms with van der Waals surface area (Å²) >= 11 is 0. The molecule has 0 radical (unpaired) electrons. The van der Waals surface area contributed by atoms with Crippen molar-refractivity contribution in [3.05, 3.63) is 60.2 Å². The van der Waals surface area contributed by atoms with E-state index in [0.29, 0.717) is 5.69 Å². The molecule has 2 heterocycles. The van der Waals surface area contributed by atoms with Crippen LogP contribution < -0.4 is 5.32 Å². The molecule has 106 valence electrons. The molecule has 1 N–H and O–H groups in total. The molecular formula is C16H16N4O. The summed E-state index contributed by atoms with van der Waals surface area (Å²) in [6.45, 7) is 1.92. The van der Waals surface area contributed by atoms with Crippen molar-refractivity contribution < 1.29 is 4.79 Å². The van der Waals surface area contributed by atoms with Gasteiger partial charge in [0.05, 0.1) is 17.1 Å². The van der Waals surface area contributed by atoms with E-state index in [0.717, 1.165) is 16.9 Å². The Morgan fingerprint density at radius 3 is 2.67 bits per heavy atom. The largest absolute Gasteiger partial charge is 0.341 e. The van der Waals surface area contributed by atoms with Crippen LogP contribution in [0.3, 0.4) is 0 Å². The molecule has 3 rings (SSSR count). The van der Waals surface area contributed by atoms with Gasteiger partial charge in [0.1, 0.15) is 11.5 Å². The van der Waals surface area contributed by atoms with E-state index >= 15 is 0 Å². The summed E-state index contributed by atoms with van der Waals surface area (Å²) in [6.07, 6.45) is 1.61. The topological polar surface area (TPSA) is 59.8 Å². The van der Waals surface area contributed by atoms with Gasteiger partial charge in [0.25, 0.3) is 5.91 Å². The van der Waals surface area contributed by atoms with Crippen molar-refractivity contribution in [3.63, 3.8) is 0 Å². The van der Waals surface area contributed by atoms with E-state index in [-0.39, 0.29) is 11.9 Å². The lowest BCUT2D eigenvalue weighted by Crippen LogP contribution is -2.29. The van der Waals surface area contributed by atoms with Gasteiger partial charge in [0, 0.05) is 13.2 Å². The second kappa shape index (κ2) is 5.36. The van der Waals surface area contributed by atoms with Gasteiger partial charge in [-0.05, 0) is 31.2 Å². The van der Waals surface area contributed by atoms with Crippen LogP contribution in [0.4, 0.5) is 0 Å². The SMILES string of the molecule is CC(NC(=O)c1ccccn1)c1nc2ccccc2n1C. The summed E-state index contributed by atoms with van der Waals surface area (Å²) in [5, 5.41) is 2.93. The van der Waals surface area contributed by atoms with Crippen LogP contribution in [0.2, 0.25) is 0 Å². The van der Waals surface area contributed by atoms with E-state index in [1.54, 1.807) is 24.4 Å². The van der Waals surface area contributed by atoms with Crippen LogP contribution in [0.5, 0.6) is 0 Å². The molecule has 0 fully saturated rings. The van der Waals surface area contributed by atoms with Gasteiger partial charge in [-0.1, -0.05) is 18.2 Å². The smallest absolute Gasteiger partial charge is 0.270 e. The Kier molecular flexibility index (Phi) is 3.39. The number of imidazole rings is 1. The van der Waals surface area contributed by atoms with Crippen LogP contribution in [0, 0.1) is 0 Å². The molecule has 0 saturated carbocycles. The van der Waals surface area contributed by atoms with Crippen LogP contribution in [-0.4, -0.2) is 20.4 Å². The van der Waals surface area contributed by atoms with Crippen molar-refractivity contribution in [3.8, 4) is 0 Å². The zero-order chi connectivity index (χ0) is 14.8. The number of fused-ring (bicyclic) bond motifs is 1. The summed E-state index contributed by atoms with van der Waals surface area (Å²) in [4.78, 5) is 20.8. The number of nitrogens with one attached hydrogen (secondary N) is 1. The Hall–Kier alpha value is -2.69. The van der Waals surface area contributed by atoms with Crippen LogP contribution in [0.15, 0.2) is 48.7 Å². The quantitative estimate of drug-likeness (QED) is 0.801. The third-order valence-corrected chi connectivity index (χ3v) is 3.45. The highest BCUT2D eigenvalue weighted by Gasteiger charge is 2.17. The number of aryl methyl sites for hydroxylation is 1. The van der Waals surface area contributed by atoms with E-state index in [1.807, 2.05) is 42.8 Å². The van der Waals surface area contributed by atoms with Gasteiger partial charge < -0.3 is 9.88 Å². The minimum absolute atomic E-state index is 0.197. The fourth-order valence-electron chi connectivity index (χ4n) is 2.38. The second-order valence-corrected chi connectivity index (χ2v) is 4.93. The average molecular weight is 280 g/mol. The number of nitrogens with zero attached hydrogens (tertiary/aromatic N) is 3. The molecular weight excluding hydrogens is 264 g/mol. The third-order valence-electron chi connectivity index (χ3n) is 3.45. The Balaban J connectivity index is 1.86. The minimum atomic E-state index is -0.199. The summed E-state index contributed by atoms with van der Waals surface area (Å²) in [5.41, 5.74) is 2.38. The number of carbonyl (C=O) groups excluding carboxylic acids is 1. The molecule has 1 unspecified atom stereocenters. The standard InChI is InChI=1S/C16H16N4O/c1-11(18-16(21)13-8-5-6-10-17-13)15-19-12-7-3-4-9-14(12)20(15)2/h3-11H,1-2H3,(H,18,21). The van der Waals surface area contributed by atoms with Crippen molar-refractivity contribution in [1.29, 1.82) is 0 Å². The first-order valence-electron chi connectivity index (χ1n) is 6.80. The Morgan fingerprint density at radius 1 is 1.19 bits per heavy atom. The number of amides is 1. The lowest BCUT2D eigenvalue weighted by Gasteiger charge is -2.13. The molecule has 1 aromatic carbocycles. The van der Waals surface area contributed by atoms with Gasteiger partial charge in [-0.15, -0.1) is 0 Å². The Bertz CT molecular complexity index is 779. The summed E-state index contributed by atoms with van der Waals surface area (Å²) in [7, 11) is 1.95. The van der Waals surface area contributed by atoms with Crippen molar-refractivity contribution >= 4 is 16.9 Å². The first kappa shape index (κ1) is 13.3. The van der Waals surface area contributed by atoms with Gasteiger partial charge in [-0.2, -0.15) is 0 Å². The second-order valence-electron chi connectivity index (χ2n) is 4.93. The number of pyridine rings is 1. The predicted octanol–water partition coefficient (Wildman–Crippen LogP) is 2.46. The molecule has 3 aromatic rings. The van der Waals surface area contributed by atoms with Crippen molar-refractivity contribution in [2.45, 2.75) is 13.0 Å². The predicted molar refractivity (Wildman–Crippen MR) is 80.8 cm³/mol. The molecule has 0 aliphatic carbocycles. The Morgan fingerprint density at radius 2 is 1.95 bits per heavy atom. The highest BCUT2D eigenvalue weighted by Crippen LogP contribution is 2.19. The van der Waals surface area contributed by atoms with E-state index < -0.39 is 0 Å². The number of para-hydroxylation sites is 2. The summed E-state index contributed by atoms with van der Waals surface area (Å²) in [5.74, 6) is 0.621. The maximum Gasteiger partial charge on any atom is 0.270 e. The molecule has 0 saturated heterocycles. The van der Waals surface area contributed by atoms with E-state index in [1.165, 1.54) is 0 Å². The van der Waals surface area contributed by atoms with Crippen molar-refractivity contribution in [1.82, 2.24) is 19.9 Å². The van der Waals surface area contributed by atoms with E-state index in [4.69, 9.17) is 0 Å². The van der Waals surface area contributed by atoms with Gasteiger partial charge in [0.2, 0.25) is 0 Å². The number of hydrogen-bond acceptors (Lipinski definition) is 3. The van der Waals surface area contributed by atoms with Gasteiger partial charge in [-0.25, -0.2) is 4.98 Å². The first-order valence-corrected chi connectivity index (χ1v) is 6.80. The number of rotatable bonds is 3. The van der Waals surface area contributed by atoms with Gasteiger partial charge in [0.15, 0.2) is 0 Å². The fourth-order valence-corrected chi connectivity index (χ4v) is 2.38. The summed E-state index contributed by atoms with van der Waals surface area (Å²) < 4.78 is 2.00. The van der Waals surface area contributed by atoms with Gasteiger partial charge >= 0.3 is 0 Å². The van der Waals surface area contributed by atoms with Crippen LogP contribution in [0.25, 0.3) is 11.0 Å². The molecule has 0 aliphatic heterocycles. The van der Waals surface area contributed by atoms with Crippen LogP contribution in [0.1, 0.15) is 29.3 Å². The maximum atomic E-state index is 12.1. The molecule has 2 aromatic heterocycles. The molecule has 5 heteroatoms. The average Bonchev–Trinajstić information content (AvgIpc) is 2.86. The maximum absolute atomic E-state index is 12.1. The molecule has 1 amide bonds. The van der Waals surface area contributed by atoms with Crippen LogP contribution in [-0.2, 0) is 7.05 Å². The molecule has 0 aliphatic rings. The lowest BCUT2D eigenvalue weighted by atomic mass is 10.2. The fraction of sp³-hybridized carbons (Fsp3) is 0.188. The highest BCUT2D eigenvalue weighted by molar-refractivity contribution is 5.92. The van der Waals surface area contributed by atoms with E-state index in [2.05, 4.69) is 15.3 Å². The monoisotopic (exact) mass is 280 g/mol. The third kappa shape index (κ3) is 2.50. The molecule has 21 heavy (non-hydrogen) atoms. The minimum Gasteiger partial charge on any atom is -0.341 e. The first-order chi connectivity index (χ1) is 10.2. The lowest BCUT2D eigenvalue weighted by molar-refractivity contribution is 0.0933. The number of carbonyl (C=O) groups is 1.